The van der Waals surface area contributed by atoms with E-state index in [0.29, 0.717) is 77.7 Å². The highest BCUT2D eigenvalue weighted by Gasteiger charge is 2.24. The van der Waals surface area contributed by atoms with Gasteiger partial charge in [0.15, 0.2) is 11.6 Å². The summed E-state index contributed by atoms with van der Waals surface area (Å²) in [5.41, 5.74) is 3.97. The minimum absolute atomic E-state index is 0.0673. The molecule has 0 aliphatic carbocycles. The number of Topliss-reactive ketones (excluding diaryl/α,β-unsaturated/α-hetero) is 2. The van der Waals surface area contributed by atoms with Crippen LogP contribution in [0.1, 0.15) is 82.4 Å². The second-order valence-corrected chi connectivity index (χ2v) is 12.8. The van der Waals surface area contributed by atoms with E-state index < -0.39 is 6.03 Å². The first kappa shape index (κ1) is 42.3. The Morgan fingerprint density at radius 1 is 0.839 bits per heavy atom. The van der Waals surface area contributed by atoms with Crippen molar-refractivity contribution in [3.8, 4) is 11.8 Å². The first-order valence-electron chi connectivity index (χ1n) is 17.8. The summed E-state index contributed by atoms with van der Waals surface area (Å²) in [5, 5.41) is 13.9. The molecule has 5 N–H and O–H groups in total. The van der Waals surface area contributed by atoms with Crippen molar-refractivity contribution in [2.24, 2.45) is 5.92 Å². The van der Waals surface area contributed by atoms with Crippen LogP contribution in [-0.4, -0.2) is 71.6 Å². The van der Waals surface area contributed by atoms with Crippen LogP contribution in [0.3, 0.4) is 0 Å². The number of aromatic nitrogens is 2. The van der Waals surface area contributed by atoms with Crippen LogP contribution in [0.4, 0.5) is 21.9 Å². The minimum Gasteiger partial charge on any atom is -0.383 e. The maximum Gasteiger partial charge on any atom is 0.323 e. The highest BCUT2D eigenvalue weighted by molar-refractivity contribution is 6.29. The van der Waals surface area contributed by atoms with Gasteiger partial charge in [-0.2, -0.15) is 0 Å². The van der Waals surface area contributed by atoms with Gasteiger partial charge in [-0.3, -0.25) is 29.3 Å². The molecule has 56 heavy (non-hydrogen) atoms. The zero-order valence-electron chi connectivity index (χ0n) is 31.2. The SMILES string of the molecule is CC(=O)c1ccc(NCCOCCNC(=O)c2cccc(C#Cc3cc(NC(=O)Nc4ccnc(Cl)c4)ccn3)c2)cc1C(C)=O.CCC1CCC(=O)NC1=O. The molecule has 290 valence electrons. The molecular weight excluding hydrogens is 738 g/mol. The predicted molar refractivity (Wildman–Crippen MR) is 213 cm³/mol. The average molecular weight is 780 g/mol. The Hall–Kier alpha value is -6.43. The summed E-state index contributed by atoms with van der Waals surface area (Å²) in [6, 6.07) is 17.9. The molecule has 1 saturated heterocycles. The Bertz CT molecular complexity index is 2150. The van der Waals surface area contributed by atoms with Crippen LogP contribution in [0.15, 0.2) is 79.1 Å². The zero-order chi connectivity index (χ0) is 40.5. The number of imide groups is 1. The molecule has 5 amide bonds. The summed E-state index contributed by atoms with van der Waals surface area (Å²) < 4.78 is 5.60. The number of carbonyl (C=O) groups excluding carboxylic acids is 6. The van der Waals surface area contributed by atoms with Gasteiger partial charge in [-0.05, 0) is 93.3 Å². The lowest BCUT2D eigenvalue weighted by Crippen LogP contribution is -2.40. The number of nitrogens with zero attached hydrogens (tertiary/aromatic N) is 2. The molecule has 1 atom stereocenters. The largest absolute Gasteiger partial charge is 0.383 e. The predicted octanol–water partition coefficient (Wildman–Crippen LogP) is 5.89. The van der Waals surface area contributed by atoms with E-state index in [0.717, 1.165) is 12.8 Å². The molecule has 0 bridgehead atoms. The molecule has 1 aliphatic heterocycles. The van der Waals surface area contributed by atoms with Gasteiger partial charge in [0.1, 0.15) is 10.8 Å². The average Bonchev–Trinajstić information content (AvgIpc) is 3.17. The number of amides is 5. The first-order chi connectivity index (χ1) is 26.9. The number of rotatable bonds is 13. The smallest absolute Gasteiger partial charge is 0.323 e. The van der Waals surface area contributed by atoms with E-state index in [1.165, 1.54) is 32.3 Å². The van der Waals surface area contributed by atoms with Gasteiger partial charge in [-0.1, -0.05) is 30.5 Å². The van der Waals surface area contributed by atoms with Gasteiger partial charge >= 0.3 is 6.03 Å². The Balaban J connectivity index is 0.000000604. The Morgan fingerprint density at radius 2 is 1.55 bits per heavy atom. The van der Waals surface area contributed by atoms with E-state index >= 15 is 0 Å². The fraction of sp³-hybridized carbons (Fsp3) is 0.268. The molecule has 1 aliphatic rings. The van der Waals surface area contributed by atoms with Crippen LogP contribution in [0, 0.1) is 17.8 Å². The number of anilines is 3. The highest BCUT2D eigenvalue weighted by atomic mass is 35.5. The molecule has 2 aromatic heterocycles. The van der Waals surface area contributed by atoms with Crippen LogP contribution in [0.2, 0.25) is 5.15 Å². The van der Waals surface area contributed by atoms with Crippen LogP contribution in [0.5, 0.6) is 0 Å². The lowest BCUT2D eigenvalue weighted by molar-refractivity contribution is -0.136. The van der Waals surface area contributed by atoms with Crippen molar-refractivity contribution in [2.45, 2.75) is 40.0 Å². The van der Waals surface area contributed by atoms with Crippen LogP contribution in [0.25, 0.3) is 0 Å². The van der Waals surface area contributed by atoms with E-state index in [1.54, 1.807) is 60.7 Å². The van der Waals surface area contributed by atoms with Gasteiger partial charge in [0.2, 0.25) is 11.8 Å². The van der Waals surface area contributed by atoms with E-state index in [1.807, 2.05) is 6.92 Å². The topological polar surface area (TPSA) is 198 Å². The molecule has 1 fully saturated rings. The fourth-order valence-electron chi connectivity index (χ4n) is 5.31. The molecule has 2 aromatic carbocycles. The van der Waals surface area contributed by atoms with E-state index in [2.05, 4.69) is 48.4 Å². The number of benzene rings is 2. The Kier molecular flexibility index (Phi) is 16.2. The zero-order valence-corrected chi connectivity index (χ0v) is 31.9. The maximum absolute atomic E-state index is 12.7. The van der Waals surface area contributed by atoms with Crippen molar-refractivity contribution >= 4 is 64.0 Å². The van der Waals surface area contributed by atoms with Gasteiger partial charge < -0.3 is 26.0 Å². The number of pyridine rings is 2. The Morgan fingerprint density at radius 3 is 2.25 bits per heavy atom. The number of ketones is 2. The third-order valence-corrected chi connectivity index (χ3v) is 8.40. The molecule has 14 nitrogen and oxygen atoms in total. The minimum atomic E-state index is -0.463. The van der Waals surface area contributed by atoms with Gasteiger partial charge in [0.05, 0.1) is 13.2 Å². The molecule has 0 spiro atoms. The van der Waals surface area contributed by atoms with Crippen molar-refractivity contribution < 1.29 is 33.5 Å². The van der Waals surface area contributed by atoms with Crippen molar-refractivity contribution in [3.63, 3.8) is 0 Å². The molecule has 0 radical (unpaired) electrons. The summed E-state index contributed by atoms with van der Waals surface area (Å²) >= 11 is 5.85. The lowest BCUT2D eigenvalue weighted by Gasteiger charge is -2.18. The summed E-state index contributed by atoms with van der Waals surface area (Å²) in [6.07, 6.45) is 5.08. The molecular formula is C41H42ClN7O7. The van der Waals surface area contributed by atoms with Gasteiger partial charge in [-0.25, -0.2) is 14.8 Å². The van der Waals surface area contributed by atoms with Gasteiger partial charge in [-0.15, -0.1) is 0 Å². The van der Waals surface area contributed by atoms with Crippen LogP contribution < -0.4 is 26.6 Å². The van der Waals surface area contributed by atoms with Gasteiger partial charge in [0.25, 0.3) is 5.91 Å². The molecule has 1 unspecified atom stereocenters. The van der Waals surface area contributed by atoms with Gasteiger partial charge in [0, 0.05) is 77.1 Å². The summed E-state index contributed by atoms with van der Waals surface area (Å²) in [4.78, 5) is 78.2. The molecule has 3 heterocycles. The third kappa shape index (κ3) is 13.8. The number of urea groups is 1. The lowest BCUT2D eigenvalue weighted by atomic mass is 9.96. The standard InChI is InChI=1S/C34H31ClN6O5.C7H11NO2/c1-22(42)30-9-8-27(20-31(30)23(2)43)37-14-16-46-17-15-39-33(44)25-5-3-4-24(18-25)6-7-26-19-28(10-12-36-26)40-34(45)41-29-11-13-38-32(35)21-29;1-2-5-3-4-6(9)8-7(5)10/h3-5,8-13,18-21,37H,14-17H2,1-2H3,(H,39,44)(H2,36,38,40,41,45);5H,2-4H2,1H3,(H,8,9,10). The second-order valence-electron chi connectivity index (χ2n) is 12.4. The second kappa shape index (κ2) is 21.5. The molecule has 4 aromatic rings. The summed E-state index contributed by atoms with van der Waals surface area (Å²) in [6.45, 7) is 6.28. The van der Waals surface area contributed by atoms with E-state index in [9.17, 15) is 28.8 Å². The normalized spacial score (nSPS) is 13.1. The molecule has 0 saturated carbocycles. The Labute approximate surface area is 329 Å². The molecule has 15 heteroatoms. The third-order valence-electron chi connectivity index (χ3n) is 8.19. The fourth-order valence-corrected chi connectivity index (χ4v) is 5.49. The maximum atomic E-state index is 12.7. The number of carbonyl (C=O) groups is 6. The van der Waals surface area contributed by atoms with Crippen molar-refractivity contribution in [1.82, 2.24) is 20.6 Å². The first-order valence-corrected chi connectivity index (χ1v) is 18.2. The summed E-state index contributed by atoms with van der Waals surface area (Å²) in [7, 11) is 0. The molecule has 5 rings (SSSR count). The number of hydrogen-bond acceptors (Lipinski definition) is 10. The quantitative estimate of drug-likeness (QED) is 0.0359. The number of piperidine rings is 1. The van der Waals surface area contributed by atoms with Crippen LogP contribution >= 0.6 is 11.6 Å². The monoisotopic (exact) mass is 779 g/mol. The number of ether oxygens (including phenoxy) is 1. The number of nitrogens with one attached hydrogen (secondary N) is 5. The van der Waals surface area contributed by atoms with E-state index in [-0.39, 0.29) is 40.4 Å². The summed E-state index contributed by atoms with van der Waals surface area (Å²) in [5.74, 6) is 5.18. The van der Waals surface area contributed by atoms with E-state index in [4.69, 9.17) is 16.3 Å². The van der Waals surface area contributed by atoms with Crippen molar-refractivity contribution in [2.75, 3.05) is 42.3 Å². The van der Waals surface area contributed by atoms with Crippen molar-refractivity contribution in [3.05, 3.63) is 112 Å². The van der Waals surface area contributed by atoms with Crippen LogP contribution in [-0.2, 0) is 14.3 Å². The number of halogens is 1. The number of hydrogen-bond donors (Lipinski definition) is 5. The van der Waals surface area contributed by atoms with Crippen molar-refractivity contribution in [1.29, 1.82) is 0 Å². The highest BCUT2D eigenvalue weighted by Crippen LogP contribution is 2.18.